The highest BCUT2D eigenvalue weighted by Crippen LogP contribution is 2.23. The average molecular weight is 351 g/mol. The third kappa shape index (κ3) is 3.23. The van der Waals surface area contributed by atoms with Gasteiger partial charge in [-0.3, -0.25) is 0 Å². The van der Waals surface area contributed by atoms with Gasteiger partial charge in [0, 0.05) is 30.2 Å². The first-order valence-corrected chi connectivity index (χ1v) is 7.49. The molecule has 0 atom stereocenters. The summed E-state index contributed by atoms with van der Waals surface area (Å²) >= 11 is 1.02. The molecule has 7 nitrogen and oxygen atoms in total. The van der Waals surface area contributed by atoms with Crippen LogP contribution in [0, 0.1) is 11.6 Å². The lowest BCUT2D eigenvalue weighted by molar-refractivity contribution is 0.0686. The number of anilines is 1. The third-order valence-corrected chi connectivity index (χ3v) is 3.92. The van der Waals surface area contributed by atoms with Crippen LogP contribution in [0.5, 0.6) is 0 Å². The molecule has 0 spiro atoms. The Morgan fingerprint density at radius 2 is 2.04 bits per heavy atom. The zero-order valence-electron chi connectivity index (χ0n) is 12.3. The number of carboxylic acid groups (broad SMARTS) is 1. The molecule has 3 aromatic rings. The van der Waals surface area contributed by atoms with Crippen molar-refractivity contribution in [2.45, 2.75) is 6.54 Å². The molecule has 3 rings (SSSR count). The molecular weight excluding hydrogens is 340 g/mol. The highest BCUT2D eigenvalue weighted by atomic mass is 32.1. The quantitative estimate of drug-likeness (QED) is 0.734. The smallest absolute Gasteiger partial charge is 0.354 e. The van der Waals surface area contributed by atoms with Crippen molar-refractivity contribution in [3.05, 3.63) is 47.5 Å². The molecule has 0 aliphatic heterocycles. The Hall–Kier alpha value is -2.88. The minimum atomic E-state index is -1.07. The second-order valence-corrected chi connectivity index (χ2v) is 5.61. The molecule has 2 aromatic heterocycles. The van der Waals surface area contributed by atoms with Crippen molar-refractivity contribution in [3.63, 3.8) is 0 Å². The standard InChI is InChI=1S/C14H11F2N5O2S/c1-21-10(13(22)23)5-17-11(21)6-18-14-19-12(20-24-14)7-2-8(15)4-9(16)3-7/h2-5H,6H2,1H3,(H,22,23)(H,18,19,20). The van der Waals surface area contributed by atoms with E-state index in [2.05, 4.69) is 19.7 Å². The van der Waals surface area contributed by atoms with E-state index in [0.29, 0.717) is 11.0 Å². The van der Waals surface area contributed by atoms with Gasteiger partial charge >= 0.3 is 5.97 Å². The summed E-state index contributed by atoms with van der Waals surface area (Å²) in [5.74, 6) is -1.78. The van der Waals surface area contributed by atoms with Crippen LogP contribution in [0.3, 0.4) is 0 Å². The Morgan fingerprint density at radius 1 is 1.33 bits per heavy atom. The zero-order valence-corrected chi connectivity index (χ0v) is 13.1. The molecule has 0 radical (unpaired) electrons. The zero-order chi connectivity index (χ0) is 17.3. The van der Waals surface area contributed by atoms with Gasteiger partial charge in [0.1, 0.15) is 23.2 Å². The van der Waals surface area contributed by atoms with Crippen LogP contribution in [0.25, 0.3) is 11.4 Å². The van der Waals surface area contributed by atoms with Crippen molar-refractivity contribution in [2.75, 3.05) is 5.32 Å². The van der Waals surface area contributed by atoms with E-state index in [1.165, 1.54) is 10.8 Å². The predicted molar refractivity (Wildman–Crippen MR) is 82.8 cm³/mol. The van der Waals surface area contributed by atoms with E-state index in [-0.39, 0.29) is 23.6 Å². The highest BCUT2D eigenvalue weighted by molar-refractivity contribution is 7.09. The fraction of sp³-hybridized carbons (Fsp3) is 0.143. The molecule has 10 heteroatoms. The maximum Gasteiger partial charge on any atom is 0.354 e. The predicted octanol–water partition coefficient (Wildman–Crippen LogP) is 2.53. The molecule has 0 aliphatic rings. The maximum atomic E-state index is 13.2. The number of rotatable bonds is 5. The van der Waals surface area contributed by atoms with Gasteiger partial charge in [0.25, 0.3) is 0 Å². The second kappa shape index (κ2) is 6.32. The normalized spacial score (nSPS) is 10.8. The maximum absolute atomic E-state index is 13.2. The Balaban J connectivity index is 1.74. The van der Waals surface area contributed by atoms with Crippen molar-refractivity contribution >= 4 is 22.6 Å². The Labute approximate surface area is 138 Å². The van der Waals surface area contributed by atoms with Crippen molar-refractivity contribution in [3.8, 4) is 11.4 Å². The molecule has 0 amide bonds. The molecule has 2 N–H and O–H groups in total. The van der Waals surface area contributed by atoms with Gasteiger partial charge in [-0.15, -0.1) is 0 Å². The van der Waals surface area contributed by atoms with E-state index >= 15 is 0 Å². The first kappa shape index (κ1) is 16.0. The second-order valence-electron chi connectivity index (χ2n) is 4.86. The SMILES string of the molecule is Cn1c(C(=O)O)cnc1CNc1nc(-c2cc(F)cc(F)c2)ns1. The fourth-order valence-corrected chi connectivity index (χ4v) is 2.64. The topological polar surface area (TPSA) is 92.9 Å². The molecule has 124 valence electrons. The lowest BCUT2D eigenvalue weighted by Gasteiger charge is -2.03. The molecule has 2 heterocycles. The summed E-state index contributed by atoms with van der Waals surface area (Å²) in [4.78, 5) is 19.1. The molecule has 0 saturated heterocycles. The van der Waals surface area contributed by atoms with Crippen molar-refractivity contribution < 1.29 is 18.7 Å². The number of hydrogen-bond acceptors (Lipinski definition) is 6. The fourth-order valence-electron chi connectivity index (χ4n) is 2.06. The molecule has 0 aliphatic carbocycles. The Bertz CT molecular complexity index is 888. The summed E-state index contributed by atoms with van der Waals surface area (Å²) in [6.45, 7) is 0.232. The summed E-state index contributed by atoms with van der Waals surface area (Å²) in [7, 11) is 1.59. The number of benzene rings is 1. The van der Waals surface area contributed by atoms with Crippen LogP contribution in [0.1, 0.15) is 16.3 Å². The van der Waals surface area contributed by atoms with Crippen LogP contribution < -0.4 is 5.32 Å². The van der Waals surface area contributed by atoms with E-state index < -0.39 is 17.6 Å². The monoisotopic (exact) mass is 351 g/mol. The number of carbonyl (C=O) groups is 1. The van der Waals surface area contributed by atoms with Crippen LogP contribution in [-0.2, 0) is 13.6 Å². The number of aromatic nitrogens is 4. The largest absolute Gasteiger partial charge is 0.477 e. The number of aromatic carboxylic acids is 1. The van der Waals surface area contributed by atoms with Crippen LogP contribution in [0.2, 0.25) is 0 Å². The number of imidazole rings is 1. The summed E-state index contributed by atoms with van der Waals surface area (Å²) in [5, 5.41) is 12.4. The van der Waals surface area contributed by atoms with Crippen molar-refractivity contribution in [2.24, 2.45) is 7.05 Å². The lowest BCUT2D eigenvalue weighted by atomic mass is 10.2. The summed E-state index contributed by atoms with van der Waals surface area (Å²) in [6, 6.07) is 3.07. The van der Waals surface area contributed by atoms with E-state index in [4.69, 9.17) is 5.11 Å². The molecular formula is C14H11F2N5O2S. The first-order valence-electron chi connectivity index (χ1n) is 6.72. The molecule has 0 unspecified atom stereocenters. The van der Waals surface area contributed by atoms with Gasteiger partial charge in [-0.1, -0.05) is 0 Å². The molecule has 0 saturated carbocycles. The summed E-state index contributed by atoms with van der Waals surface area (Å²) in [6.07, 6.45) is 1.26. The van der Waals surface area contributed by atoms with Gasteiger partial charge in [-0.25, -0.2) is 18.6 Å². The van der Waals surface area contributed by atoms with Gasteiger partial charge in [0.15, 0.2) is 5.82 Å². The Morgan fingerprint density at radius 3 is 2.67 bits per heavy atom. The third-order valence-electron chi connectivity index (χ3n) is 3.25. The van der Waals surface area contributed by atoms with E-state index in [1.807, 2.05) is 0 Å². The molecule has 24 heavy (non-hydrogen) atoms. The van der Waals surface area contributed by atoms with Gasteiger partial charge < -0.3 is 15.0 Å². The molecule has 0 fully saturated rings. The Kier molecular flexibility index (Phi) is 4.21. The minimum absolute atomic E-state index is 0.0694. The van der Waals surface area contributed by atoms with Crippen molar-refractivity contribution in [1.29, 1.82) is 0 Å². The summed E-state index contributed by atoms with van der Waals surface area (Å²) in [5.41, 5.74) is 0.307. The van der Waals surface area contributed by atoms with Gasteiger partial charge in [0.05, 0.1) is 12.7 Å². The highest BCUT2D eigenvalue weighted by Gasteiger charge is 2.13. The van der Waals surface area contributed by atoms with Crippen LogP contribution in [-0.4, -0.2) is 30.0 Å². The lowest BCUT2D eigenvalue weighted by Crippen LogP contribution is -2.10. The number of nitrogens with zero attached hydrogens (tertiary/aromatic N) is 4. The van der Waals surface area contributed by atoms with E-state index in [1.54, 1.807) is 7.05 Å². The van der Waals surface area contributed by atoms with Gasteiger partial charge in [0.2, 0.25) is 5.13 Å². The van der Waals surface area contributed by atoms with Crippen LogP contribution in [0.4, 0.5) is 13.9 Å². The van der Waals surface area contributed by atoms with Gasteiger partial charge in [-0.2, -0.15) is 9.36 Å². The summed E-state index contributed by atoms with van der Waals surface area (Å²) < 4.78 is 32.0. The van der Waals surface area contributed by atoms with E-state index in [9.17, 15) is 13.6 Å². The van der Waals surface area contributed by atoms with E-state index in [0.717, 1.165) is 29.7 Å². The van der Waals surface area contributed by atoms with Crippen LogP contribution in [0.15, 0.2) is 24.4 Å². The van der Waals surface area contributed by atoms with Crippen molar-refractivity contribution in [1.82, 2.24) is 18.9 Å². The van der Waals surface area contributed by atoms with Crippen LogP contribution >= 0.6 is 11.5 Å². The average Bonchev–Trinajstić information content (AvgIpc) is 3.11. The molecule has 0 bridgehead atoms. The number of carboxylic acids is 1. The number of halogens is 2. The minimum Gasteiger partial charge on any atom is -0.477 e. The number of hydrogen-bond donors (Lipinski definition) is 2. The molecule has 1 aromatic carbocycles. The first-order chi connectivity index (χ1) is 11.4. The number of nitrogens with one attached hydrogen (secondary N) is 1. The van der Waals surface area contributed by atoms with Gasteiger partial charge in [-0.05, 0) is 12.1 Å².